The quantitative estimate of drug-likeness (QED) is 0.771. The van der Waals surface area contributed by atoms with Gasteiger partial charge in [-0.3, -0.25) is 9.59 Å². The van der Waals surface area contributed by atoms with E-state index in [0.29, 0.717) is 23.5 Å². The van der Waals surface area contributed by atoms with Crippen LogP contribution in [0, 0.1) is 13.8 Å². The van der Waals surface area contributed by atoms with Gasteiger partial charge in [-0.15, -0.1) is 0 Å². The first kappa shape index (κ1) is 19.9. The van der Waals surface area contributed by atoms with E-state index in [4.69, 9.17) is 9.47 Å². The Morgan fingerprint density at radius 1 is 1.11 bits per heavy atom. The maximum Gasteiger partial charge on any atom is 0.262 e. The molecule has 0 saturated carbocycles. The van der Waals surface area contributed by atoms with Gasteiger partial charge >= 0.3 is 0 Å². The average molecular weight is 382 g/mol. The molecule has 0 spiro atoms. The zero-order chi connectivity index (χ0) is 19.9. The number of carbonyl (C=O) groups excluding carboxylic acids is 2. The lowest BCUT2D eigenvalue weighted by Crippen LogP contribution is -2.31. The van der Waals surface area contributed by atoms with E-state index in [1.54, 1.807) is 24.3 Å². The number of rotatable bonds is 7. The first-order valence-corrected chi connectivity index (χ1v) is 9.51. The second kappa shape index (κ2) is 9.37. The molecule has 28 heavy (non-hydrogen) atoms. The fraction of sp³-hybridized carbons (Fsp3) is 0.364. The van der Waals surface area contributed by atoms with Crippen LogP contribution < -0.4 is 15.4 Å². The zero-order valence-corrected chi connectivity index (χ0v) is 16.3. The molecule has 148 valence electrons. The third kappa shape index (κ3) is 5.57. The van der Waals surface area contributed by atoms with E-state index < -0.39 is 0 Å². The first-order chi connectivity index (χ1) is 13.5. The number of amides is 2. The molecule has 0 radical (unpaired) electrons. The molecule has 1 saturated heterocycles. The second-order valence-electron chi connectivity index (χ2n) is 7.01. The molecule has 1 fully saturated rings. The minimum absolute atomic E-state index is 0.0773. The summed E-state index contributed by atoms with van der Waals surface area (Å²) in [6.07, 6.45) is 2.14. The zero-order valence-electron chi connectivity index (χ0n) is 16.3. The third-order valence-corrected chi connectivity index (χ3v) is 4.79. The highest BCUT2D eigenvalue weighted by Gasteiger charge is 2.16. The molecule has 0 aromatic heterocycles. The summed E-state index contributed by atoms with van der Waals surface area (Å²) in [4.78, 5) is 24.2. The predicted molar refractivity (Wildman–Crippen MR) is 108 cm³/mol. The van der Waals surface area contributed by atoms with Gasteiger partial charge < -0.3 is 20.1 Å². The van der Waals surface area contributed by atoms with Gasteiger partial charge in [-0.05, 0) is 74.2 Å². The molecule has 3 rings (SSSR count). The van der Waals surface area contributed by atoms with Gasteiger partial charge in [0.25, 0.3) is 11.8 Å². The molecule has 0 bridgehead atoms. The maximum absolute atomic E-state index is 12.2. The van der Waals surface area contributed by atoms with Crippen molar-refractivity contribution >= 4 is 17.5 Å². The highest BCUT2D eigenvalue weighted by Crippen LogP contribution is 2.17. The molecule has 1 aliphatic rings. The third-order valence-electron chi connectivity index (χ3n) is 4.79. The summed E-state index contributed by atoms with van der Waals surface area (Å²) < 4.78 is 11.0. The minimum Gasteiger partial charge on any atom is -0.484 e. The van der Waals surface area contributed by atoms with Crippen LogP contribution in [0.3, 0.4) is 0 Å². The van der Waals surface area contributed by atoms with Crippen molar-refractivity contribution in [1.82, 2.24) is 5.32 Å². The summed E-state index contributed by atoms with van der Waals surface area (Å²) in [5, 5.41) is 5.64. The maximum atomic E-state index is 12.2. The largest absolute Gasteiger partial charge is 0.484 e. The summed E-state index contributed by atoms with van der Waals surface area (Å²) in [6, 6.07) is 12.5. The van der Waals surface area contributed by atoms with Crippen LogP contribution in [-0.2, 0) is 9.53 Å². The molecule has 0 aliphatic carbocycles. The molecule has 1 unspecified atom stereocenters. The molecule has 2 N–H and O–H groups in total. The van der Waals surface area contributed by atoms with E-state index in [1.165, 1.54) is 5.56 Å². The van der Waals surface area contributed by atoms with Crippen molar-refractivity contribution in [3.8, 4) is 5.75 Å². The molecule has 2 amide bonds. The molecular formula is C22H26N2O4. The summed E-state index contributed by atoms with van der Waals surface area (Å²) in [5.41, 5.74) is 3.45. The SMILES string of the molecule is Cc1ccc(OCC(=O)Nc2ccc(C(=O)NCC3CCCO3)cc2)cc1C. The molecule has 2 aromatic carbocycles. The van der Waals surface area contributed by atoms with Gasteiger partial charge in [0.15, 0.2) is 6.61 Å². The van der Waals surface area contributed by atoms with Crippen LogP contribution in [-0.4, -0.2) is 37.7 Å². The number of aryl methyl sites for hydroxylation is 2. The Morgan fingerprint density at radius 3 is 2.57 bits per heavy atom. The molecular weight excluding hydrogens is 356 g/mol. The topological polar surface area (TPSA) is 76.7 Å². The van der Waals surface area contributed by atoms with Crippen LogP contribution in [0.15, 0.2) is 42.5 Å². The molecule has 1 heterocycles. The standard InChI is InChI=1S/C22H26N2O4/c1-15-5-10-19(12-16(15)2)28-14-21(25)24-18-8-6-17(7-9-18)22(26)23-13-20-4-3-11-27-20/h5-10,12,20H,3-4,11,13-14H2,1-2H3,(H,23,26)(H,24,25). The lowest BCUT2D eigenvalue weighted by atomic mass is 10.1. The Kier molecular flexibility index (Phi) is 6.66. The second-order valence-corrected chi connectivity index (χ2v) is 7.01. The lowest BCUT2D eigenvalue weighted by molar-refractivity contribution is -0.118. The normalized spacial score (nSPS) is 15.9. The Balaban J connectivity index is 1.45. The molecule has 6 nitrogen and oxygen atoms in total. The molecule has 2 aromatic rings. The van der Waals surface area contributed by atoms with Crippen molar-refractivity contribution in [2.45, 2.75) is 32.8 Å². The highest BCUT2D eigenvalue weighted by atomic mass is 16.5. The van der Waals surface area contributed by atoms with E-state index >= 15 is 0 Å². The number of anilines is 1. The number of benzene rings is 2. The van der Waals surface area contributed by atoms with E-state index in [0.717, 1.165) is 25.0 Å². The van der Waals surface area contributed by atoms with Crippen LogP contribution in [0.4, 0.5) is 5.69 Å². The van der Waals surface area contributed by atoms with Gasteiger partial charge in [-0.25, -0.2) is 0 Å². The van der Waals surface area contributed by atoms with Crippen LogP contribution in [0.2, 0.25) is 0 Å². The van der Waals surface area contributed by atoms with Crippen LogP contribution in [0.25, 0.3) is 0 Å². The smallest absolute Gasteiger partial charge is 0.262 e. The number of ether oxygens (including phenoxy) is 2. The fourth-order valence-electron chi connectivity index (χ4n) is 2.97. The minimum atomic E-state index is -0.256. The van der Waals surface area contributed by atoms with Crippen molar-refractivity contribution in [2.75, 3.05) is 25.1 Å². The predicted octanol–water partition coefficient (Wildman–Crippen LogP) is 3.23. The van der Waals surface area contributed by atoms with E-state index in [2.05, 4.69) is 10.6 Å². The van der Waals surface area contributed by atoms with Gasteiger partial charge in [-0.1, -0.05) is 6.07 Å². The summed E-state index contributed by atoms with van der Waals surface area (Å²) in [7, 11) is 0. The number of hydrogen-bond donors (Lipinski definition) is 2. The first-order valence-electron chi connectivity index (χ1n) is 9.51. The average Bonchev–Trinajstić information content (AvgIpc) is 3.21. The van der Waals surface area contributed by atoms with Crippen molar-refractivity contribution in [3.63, 3.8) is 0 Å². The monoisotopic (exact) mass is 382 g/mol. The Labute approximate surface area is 165 Å². The van der Waals surface area contributed by atoms with Crippen LogP contribution >= 0.6 is 0 Å². The van der Waals surface area contributed by atoms with E-state index in [-0.39, 0.29) is 24.5 Å². The van der Waals surface area contributed by atoms with E-state index in [9.17, 15) is 9.59 Å². The molecule has 1 atom stereocenters. The fourth-order valence-corrected chi connectivity index (χ4v) is 2.97. The van der Waals surface area contributed by atoms with E-state index in [1.807, 2.05) is 32.0 Å². The van der Waals surface area contributed by atoms with Crippen molar-refractivity contribution < 1.29 is 19.1 Å². The van der Waals surface area contributed by atoms with Crippen molar-refractivity contribution in [1.29, 1.82) is 0 Å². The van der Waals surface area contributed by atoms with Gasteiger partial charge in [0, 0.05) is 24.4 Å². The lowest BCUT2D eigenvalue weighted by Gasteiger charge is -2.11. The number of nitrogens with one attached hydrogen (secondary N) is 2. The van der Waals surface area contributed by atoms with Gasteiger partial charge in [-0.2, -0.15) is 0 Å². The van der Waals surface area contributed by atoms with Crippen LogP contribution in [0.5, 0.6) is 5.75 Å². The van der Waals surface area contributed by atoms with Crippen molar-refractivity contribution in [2.24, 2.45) is 0 Å². The van der Waals surface area contributed by atoms with Crippen LogP contribution in [0.1, 0.15) is 34.3 Å². The molecule has 1 aliphatic heterocycles. The summed E-state index contributed by atoms with van der Waals surface area (Å²) in [5.74, 6) is 0.261. The molecule has 6 heteroatoms. The highest BCUT2D eigenvalue weighted by molar-refractivity contribution is 5.96. The van der Waals surface area contributed by atoms with Crippen molar-refractivity contribution in [3.05, 3.63) is 59.2 Å². The van der Waals surface area contributed by atoms with Gasteiger partial charge in [0.2, 0.25) is 0 Å². The Morgan fingerprint density at radius 2 is 1.89 bits per heavy atom. The van der Waals surface area contributed by atoms with Gasteiger partial charge in [0.05, 0.1) is 6.10 Å². The Hall–Kier alpha value is -2.86. The Bertz CT molecular complexity index is 827. The number of hydrogen-bond acceptors (Lipinski definition) is 4. The summed E-state index contributed by atoms with van der Waals surface area (Å²) in [6.45, 7) is 5.24. The summed E-state index contributed by atoms with van der Waals surface area (Å²) >= 11 is 0. The number of carbonyl (C=O) groups is 2. The van der Waals surface area contributed by atoms with Gasteiger partial charge in [0.1, 0.15) is 5.75 Å².